The van der Waals surface area contributed by atoms with Crippen molar-refractivity contribution in [1.29, 1.82) is 0 Å². The minimum absolute atomic E-state index is 0.0550. The summed E-state index contributed by atoms with van der Waals surface area (Å²) < 4.78 is 40.3. The SMILES string of the molecule is CCc1cccc2c(C(CC(=O)NCCc3ccccc3)c3cccc(C(F)(F)F)c3)c[nH]c12. The number of nitrogens with one attached hydrogen (secondary N) is 2. The lowest BCUT2D eigenvalue weighted by atomic mass is 9.86. The van der Waals surface area contributed by atoms with Gasteiger partial charge in [0, 0.05) is 36.0 Å². The van der Waals surface area contributed by atoms with Crippen LogP contribution in [0.25, 0.3) is 10.9 Å². The first-order chi connectivity index (χ1) is 16.4. The van der Waals surface area contributed by atoms with E-state index in [1.165, 1.54) is 6.07 Å². The molecule has 0 saturated heterocycles. The average Bonchev–Trinajstić information content (AvgIpc) is 3.27. The van der Waals surface area contributed by atoms with Crippen molar-refractivity contribution in [3.63, 3.8) is 0 Å². The molecule has 0 aliphatic heterocycles. The molecule has 6 heteroatoms. The zero-order valence-corrected chi connectivity index (χ0v) is 19.0. The first kappa shape index (κ1) is 23.6. The molecule has 34 heavy (non-hydrogen) atoms. The molecule has 176 valence electrons. The fourth-order valence-corrected chi connectivity index (χ4v) is 4.41. The normalized spacial score (nSPS) is 12.6. The van der Waals surface area contributed by atoms with E-state index in [1.807, 2.05) is 54.7 Å². The van der Waals surface area contributed by atoms with E-state index >= 15 is 0 Å². The van der Waals surface area contributed by atoms with Crippen molar-refractivity contribution in [1.82, 2.24) is 10.3 Å². The van der Waals surface area contributed by atoms with Gasteiger partial charge in [-0.1, -0.05) is 73.7 Å². The Balaban J connectivity index is 1.63. The zero-order chi connectivity index (χ0) is 24.1. The van der Waals surface area contributed by atoms with Crippen LogP contribution in [0.15, 0.2) is 79.0 Å². The molecule has 2 N–H and O–H groups in total. The predicted octanol–water partition coefficient (Wildman–Crippen LogP) is 6.63. The van der Waals surface area contributed by atoms with Gasteiger partial charge in [-0.2, -0.15) is 13.2 Å². The van der Waals surface area contributed by atoms with Gasteiger partial charge in [0.15, 0.2) is 0 Å². The number of rotatable bonds is 8. The highest BCUT2D eigenvalue weighted by Crippen LogP contribution is 2.37. The monoisotopic (exact) mass is 464 g/mol. The number of alkyl halides is 3. The fraction of sp³-hybridized carbons (Fsp3) is 0.250. The first-order valence-corrected chi connectivity index (χ1v) is 11.4. The lowest BCUT2D eigenvalue weighted by molar-refractivity contribution is -0.137. The van der Waals surface area contributed by atoms with Gasteiger partial charge in [-0.15, -0.1) is 0 Å². The van der Waals surface area contributed by atoms with Crippen molar-refractivity contribution in [2.75, 3.05) is 6.54 Å². The number of benzene rings is 3. The molecule has 1 unspecified atom stereocenters. The molecule has 1 aromatic heterocycles. The number of aromatic nitrogens is 1. The lowest BCUT2D eigenvalue weighted by Crippen LogP contribution is -2.27. The molecule has 1 atom stereocenters. The molecule has 0 fully saturated rings. The van der Waals surface area contributed by atoms with Crippen LogP contribution < -0.4 is 5.32 Å². The van der Waals surface area contributed by atoms with Crippen LogP contribution in [0.4, 0.5) is 13.2 Å². The topological polar surface area (TPSA) is 44.9 Å². The Kier molecular flexibility index (Phi) is 7.06. The Hall–Kier alpha value is -3.54. The third-order valence-corrected chi connectivity index (χ3v) is 6.17. The van der Waals surface area contributed by atoms with Gasteiger partial charge in [-0.25, -0.2) is 0 Å². The highest BCUT2D eigenvalue weighted by atomic mass is 19.4. The Morgan fingerprint density at radius 3 is 2.50 bits per heavy atom. The van der Waals surface area contributed by atoms with E-state index in [9.17, 15) is 18.0 Å². The van der Waals surface area contributed by atoms with Gasteiger partial charge in [0.05, 0.1) is 5.56 Å². The minimum atomic E-state index is -4.45. The number of para-hydroxylation sites is 1. The summed E-state index contributed by atoms with van der Waals surface area (Å²) in [5, 5.41) is 3.87. The molecule has 4 rings (SSSR count). The summed E-state index contributed by atoms with van der Waals surface area (Å²) in [5.74, 6) is -0.709. The van der Waals surface area contributed by atoms with E-state index in [-0.39, 0.29) is 12.3 Å². The predicted molar refractivity (Wildman–Crippen MR) is 129 cm³/mol. The maximum absolute atomic E-state index is 13.4. The fourth-order valence-electron chi connectivity index (χ4n) is 4.41. The minimum Gasteiger partial charge on any atom is -0.361 e. The number of amides is 1. The van der Waals surface area contributed by atoms with Gasteiger partial charge in [-0.05, 0) is 41.2 Å². The van der Waals surface area contributed by atoms with E-state index in [1.54, 1.807) is 6.07 Å². The molecule has 0 bridgehead atoms. The van der Waals surface area contributed by atoms with Crippen molar-refractivity contribution in [2.45, 2.75) is 38.3 Å². The molecule has 3 nitrogen and oxygen atoms in total. The molecule has 1 heterocycles. The van der Waals surface area contributed by atoms with Gasteiger partial charge >= 0.3 is 6.18 Å². The van der Waals surface area contributed by atoms with Crippen molar-refractivity contribution in [2.24, 2.45) is 0 Å². The summed E-state index contributed by atoms with van der Waals surface area (Å²) in [7, 11) is 0. The summed E-state index contributed by atoms with van der Waals surface area (Å²) in [4.78, 5) is 16.2. The highest BCUT2D eigenvalue weighted by Gasteiger charge is 2.32. The van der Waals surface area contributed by atoms with Crippen LogP contribution in [-0.2, 0) is 23.8 Å². The van der Waals surface area contributed by atoms with Crippen LogP contribution in [0.5, 0.6) is 0 Å². The Morgan fingerprint density at radius 1 is 1.00 bits per heavy atom. The lowest BCUT2D eigenvalue weighted by Gasteiger charge is -2.19. The van der Waals surface area contributed by atoms with Crippen molar-refractivity contribution in [3.05, 3.63) is 107 Å². The standard InChI is InChI=1S/C28H27F3N2O/c1-2-20-10-7-13-23-25(18-33-27(20)23)24(21-11-6-12-22(16-21)28(29,30)31)17-26(34)32-15-14-19-8-4-3-5-9-19/h3-13,16,18,24,33H,2,14-15,17H2,1H3,(H,32,34). The molecule has 3 aromatic carbocycles. The third kappa shape index (κ3) is 5.33. The molecule has 0 saturated carbocycles. The maximum Gasteiger partial charge on any atom is 0.416 e. The van der Waals surface area contributed by atoms with Gasteiger partial charge in [0.2, 0.25) is 5.91 Å². The largest absolute Gasteiger partial charge is 0.416 e. The first-order valence-electron chi connectivity index (χ1n) is 11.4. The number of aryl methyl sites for hydroxylation is 1. The second-order valence-electron chi connectivity index (χ2n) is 8.40. The van der Waals surface area contributed by atoms with E-state index in [0.29, 0.717) is 18.5 Å². The van der Waals surface area contributed by atoms with Crippen LogP contribution in [0, 0.1) is 0 Å². The second-order valence-corrected chi connectivity index (χ2v) is 8.40. The number of hydrogen-bond acceptors (Lipinski definition) is 1. The van der Waals surface area contributed by atoms with E-state index in [4.69, 9.17) is 0 Å². The Morgan fingerprint density at radius 2 is 1.76 bits per heavy atom. The van der Waals surface area contributed by atoms with Crippen LogP contribution in [0.3, 0.4) is 0 Å². The summed E-state index contributed by atoms with van der Waals surface area (Å²) >= 11 is 0. The molecule has 0 radical (unpaired) electrons. The van der Waals surface area contributed by atoms with Crippen LogP contribution >= 0.6 is 0 Å². The van der Waals surface area contributed by atoms with E-state index in [0.717, 1.165) is 46.1 Å². The quantitative estimate of drug-likeness (QED) is 0.302. The molecular weight excluding hydrogens is 437 g/mol. The highest BCUT2D eigenvalue weighted by molar-refractivity contribution is 5.88. The summed E-state index contributed by atoms with van der Waals surface area (Å²) in [6.45, 7) is 2.52. The van der Waals surface area contributed by atoms with Gasteiger partial charge < -0.3 is 10.3 Å². The number of hydrogen-bond donors (Lipinski definition) is 2. The van der Waals surface area contributed by atoms with Gasteiger partial charge in [0.25, 0.3) is 0 Å². The van der Waals surface area contributed by atoms with Gasteiger partial charge in [0.1, 0.15) is 0 Å². The third-order valence-electron chi connectivity index (χ3n) is 6.17. The van der Waals surface area contributed by atoms with E-state index < -0.39 is 17.7 Å². The summed E-state index contributed by atoms with van der Waals surface area (Å²) in [6.07, 6.45) is -1.06. The molecule has 0 spiro atoms. The number of fused-ring (bicyclic) bond motifs is 1. The van der Waals surface area contributed by atoms with Crippen molar-refractivity contribution < 1.29 is 18.0 Å². The number of carbonyl (C=O) groups is 1. The maximum atomic E-state index is 13.4. The number of H-pyrrole nitrogens is 1. The van der Waals surface area contributed by atoms with Gasteiger partial charge in [-0.3, -0.25) is 4.79 Å². The Bertz CT molecular complexity index is 1260. The zero-order valence-electron chi connectivity index (χ0n) is 19.0. The van der Waals surface area contributed by atoms with E-state index in [2.05, 4.69) is 17.2 Å². The second kappa shape index (κ2) is 10.2. The summed E-state index contributed by atoms with van der Waals surface area (Å²) in [5.41, 5.74) is 3.77. The smallest absolute Gasteiger partial charge is 0.361 e. The molecule has 1 amide bonds. The number of halogens is 3. The number of carbonyl (C=O) groups excluding carboxylic acids is 1. The van der Waals surface area contributed by atoms with Crippen molar-refractivity contribution >= 4 is 16.8 Å². The molecule has 0 aliphatic carbocycles. The van der Waals surface area contributed by atoms with Crippen LogP contribution in [0.2, 0.25) is 0 Å². The molecule has 0 aliphatic rings. The average molecular weight is 465 g/mol. The molecular formula is C28H27F3N2O. The van der Waals surface area contributed by atoms with Crippen LogP contribution in [0.1, 0.15) is 47.1 Å². The molecule has 4 aromatic rings. The summed E-state index contributed by atoms with van der Waals surface area (Å²) in [6, 6.07) is 21.0. The Labute approximate surface area is 197 Å². The van der Waals surface area contributed by atoms with Crippen molar-refractivity contribution in [3.8, 4) is 0 Å². The number of aromatic amines is 1. The van der Waals surface area contributed by atoms with Crippen LogP contribution in [-0.4, -0.2) is 17.4 Å².